The lowest BCUT2D eigenvalue weighted by Crippen LogP contribution is -2.32. The van der Waals surface area contributed by atoms with Gasteiger partial charge in [0, 0.05) is 40.9 Å². The molecule has 1 aliphatic rings. The van der Waals surface area contributed by atoms with Gasteiger partial charge in [-0.3, -0.25) is 4.79 Å². The van der Waals surface area contributed by atoms with Crippen molar-refractivity contribution >= 4 is 23.4 Å². The minimum absolute atomic E-state index is 0.0118. The Morgan fingerprint density at radius 1 is 1.06 bits per heavy atom. The highest BCUT2D eigenvalue weighted by Gasteiger charge is 2.40. The van der Waals surface area contributed by atoms with Gasteiger partial charge in [0.05, 0.1) is 6.54 Å². The average Bonchev–Trinajstić information content (AvgIpc) is 3.09. The molecule has 0 aliphatic carbocycles. The maximum atomic E-state index is 13.6. The molecule has 1 N–H and O–H groups in total. The topological polar surface area (TPSA) is 52.9 Å². The first-order valence-corrected chi connectivity index (χ1v) is 12.6. The summed E-state index contributed by atoms with van der Waals surface area (Å²) in [4.78, 5) is 15.7. The van der Waals surface area contributed by atoms with E-state index < -0.39 is 0 Å². The normalized spacial score (nSPS) is 20.2. The Hall–Kier alpha value is -2.33. The van der Waals surface area contributed by atoms with Gasteiger partial charge in [-0.1, -0.05) is 85.2 Å². The van der Waals surface area contributed by atoms with E-state index in [9.17, 15) is 9.90 Å². The van der Waals surface area contributed by atoms with E-state index in [1.54, 1.807) is 0 Å². The maximum Gasteiger partial charge on any atom is 0.182 e. The predicted molar refractivity (Wildman–Crippen MR) is 142 cm³/mol. The molecule has 34 heavy (non-hydrogen) atoms. The second-order valence-corrected chi connectivity index (χ2v) is 11.8. The lowest BCUT2D eigenvalue weighted by atomic mass is 9.78. The number of Topliss-reactive ketones (excluding diaryl/α,β-unsaturated/α-hetero) is 1. The molecule has 1 aliphatic heterocycles. The highest BCUT2D eigenvalue weighted by atomic mass is 35.5. The second-order valence-electron chi connectivity index (χ2n) is 11.6. The van der Waals surface area contributed by atoms with E-state index >= 15 is 0 Å². The summed E-state index contributed by atoms with van der Waals surface area (Å²) < 4.78 is 4.16. The molecule has 0 radical (unpaired) electrons. The molecule has 0 unspecified atom stereocenters. The number of likely N-dealkylation sites (tertiary alicyclic amines) is 1. The van der Waals surface area contributed by atoms with Crippen molar-refractivity contribution < 1.29 is 9.90 Å². The Labute approximate surface area is 210 Å². The van der Waals surface area contributed by atoms with Crippen LogP contribution in [0.15, 0.2) is 47.0 Å². The van der Waals surface area contributed by atoms with Crippen LogP contribution in [0.3, 0.4) is 0 Å². The molecule has 0 amide bonds. The fourth-order valence-corrected chi connectivity index (χ4v) is 5.27. The SMILES string of the molecule is CCC[C@H]1CN(CC(=O)c2cc(C(C)(C)C)c(O)c(C(C)(C)C)c2)/C(=N\Cl)[C@@H]1c1ccccc1. The van der Waals surface area contributed by atoms with Crippen LogP contribution in [0.4, 0.5) is 0 Å². The lowest BCUT2D eigenvalue weighted by molar-refractivity contribution is 0.0963. The van der Waals surface area contributed by atoms with E-state index in [2.05, 4.69) is 65.1 Å². The number of aromatic hydroxyl groups is 1. The van der Waals surface area contributed by atoms with E-state index in [-0.39, 0.29) is 34.8 Å². The van der Waals surface area contributed by atoms with Gasteiger partial charge >= 0.3 is 0 Å². The number of phenols is 1. The molecule has 2 aromatic carbocycles. The van der Waals surface area contributed by atoms with Gasteiger partial charge in [0.15, 0.2) is 5.78 Å². The highest BCUT2D eigenvalue weighted by Crippen LogP contribution is 2.41. The van der Waals surface area contributed by atoms with Crippen LogP contribution in [-0.2, 0) is 10.8 Å². The molecule has 1 fully saturated rings. The monoisotopic (exact) mass is 482 g/mol. The number of hydrogen-bond acceptors (Lipinski definition) is 3. The molecule has 0 bridgehead atoms. The van der Waals surface area contributed by atoms with Gasteiger partial charge in [-0.15, -0.1) is 0 Å². The van der Waals surface area contributed by atoms with Crippen molar-refractivity contribution in [2.45, 2.75) is 78.1 Å². The standard InChI is InChI=1S/C29H39ClN2O2/c1-8-12-20-17-32(27(31-30)25(20)19-13-10-9-11-14-19)18-24(33)21-15-22(28(2,3)4)26(34)23(16-21)29(5,6)7/h9-11,13-16,20,25,34H,8,12,17-18H2,1-7H3/b31-27-/t20-,25+/m0/s1. The van der Waals surface area contributed by atoms with Gasteiger partial charge in [0.2, 0.25) is 0 Å². The Morgan fingerprint density at radius 2 is 1.62 bits per heavy atom. The van der Waals surface area contributed by atoms with Gasteiger partial charge in [-0.2, -0.15) is 4.51 Å². The van der Waals surface area contributed by atoms with Gasteiger partial charge in [0.1, 0.15) is 11.6 Å². The number of rotatable bonds is 6. The molecule has 3 rings (SSSR count). The minimum atomic E-state index is -0.290. The van der Waals surface area contributed by atoms with Crippen LogP contribution < -0.4 is 0 Å². The molecule has 0 aromatic heterocycles. The summed E-state index contributed by atoms with van der Waals surface area (Å²) in [5.74, 6) is 1.51. The van der Waals surface area contributed by atoms with Crippen LogP contribution in [0.2, 0.25) is 0 Å². The Balaban J connectivity index is 1.97. The number of nitrogens with zero attached hydrogens (tertiary/aromatic N) is 2. The summed E-state index contributed by atoms with van der Waals surface area (Å²) in [5.41, 5.74) is 2.81. The summed E-state index contributed by atoms with van der Waals surface area (Å²) in [6, 6.07) is 14.0. The van der Waals surface area contributed by atoms with Crippen LogP contribution in [0, 0.1) is 5.92 Å². The first-order valence-electron chi connectivity index (χ1n) is 12.3. The fourth-order valence-electron chi connectivity index (χ4n) is 5.05. The van der Waals surface area contributed by atoms with Gasteiger partial charge in [-0.05, 0) is 40.9 Å². The van der Waals surface area contributed by atoms with Gasteiger partial charge in [-0.25, -0.2) is 0 Å². The van der Waals surface area contributed by atoms with Crippen molar-refractivity contribution in [1.82, 2.24) is 4.90 Å². The average molecular weight is 483 g/mol. The zero-order chi connectivity index (χ0) is 25.3. The largest absolute Gasteiger partial charge is 0.507 e. The summed E-state index contributed by atoms with van der Waals surface area (Å²) in [5, 5.41) is 11.0. The van der Waals surface area contributed by atoms with E-state index in [1.165, 1.54) is 5.56 Å². The summed E-state index contributed by atoms with van der Waals surface area (Å²) in [6.07, 6.45) is 2.11. The number of amidine groups is 1. The molecule has 1 saturated heterocycles. The zero-order valence-electron chi connectivity index (χ0n) is 21.7. The van der Waals surface area contributed by atoms with Crippen molar-refractivity contribution in [3.05, 3.63) is 64.7 Å². The Bertz CT molecular complexity index is 1010. The number of halogens is 1. The molecule has 2 aromatic rings. The van der Waals surface area contributed by atoms with Crippen molar-refractivity contribution in [2.75, 3.05) is 13.1 Å². The number of ketones is 1. The molecule has 0 saturated carbocycles. The van der Waals surface area contributed by atoms with Crippen LogP contribution in [0.1, 0.15) is 94.3 Å². The first-order chi connectivity index (χ1) is 15.9. The van der Waals surface area contributed by atoms with Gasteiger partial charge < -0.3 is 10.0 Å². The number of carbonyl (C=O) groups excluding carboxylic acids is 1. The second kappa shape index (κ2) is 10.1. The number of hydrogen-bond donors (Lipinski definition) is 1. The molecule has 0 spiro atoms. The number of benzene rings is 2. The van der Waals surface area contributed by atoms with Crippen molar-refractivity contribution in [1.29, 1.82) is 0 Å². The Kier molecular flexibility index (Phi) is 7.82. The molecule has 4 nitrogen and oxygen atoms in total. The minimum Gasteiger partial charge on any atom is -0.507 e. The molecule has 1 heterocycles. The Morgan fingerprint density at radius 3 is 2.09 bits per heavy atom. The van der Waals surface area contributed by atoms with E-state index in [0.717, 1.165) is 36.3 Å². The van der Waals surface area contributed by atoms with Crippen LogP contribution in [0.25, 0.3) is 0 Å². The predicted octanol–water partition coefficient (Wildman–Crippen LogP) is 7.24. The third-order valence-electron chi connectivity index (χ3n) is 6.82. The van der Waals surface area contributed by atoms with Crippen LogP contribution in [0.5, 0.6) is 5.75 Å². The van der Waals surface area contributed by atoms with E-state index in [4.69, 9.17) is 11.8 Å². The van der Waals surface area contributed by atoms with E-state index in [0.29, 0.717) is 11.5 Å². The molecule has 5 heteroatoms. The lowest BCUT2D eigenvalue weighted by Gasteiger charge is -2.28. The first kappa shape index (κ1) is 26.3. The van der Waals surface area contributed by atoms with Crippen LogP contribution in [-0.4, -0.2) is 34.7 Å². The fraction of sp³-hybridized carbons (Fsp3) is 0.517. The van der Waals surface area contributed by atoms with Crippen molar-refractivity contribution in [2.24, 2.45) is 10.4 Å². The third kappa shape index (κ3) is 5.49. The molecule has 184 valence electrons. The highest BCUT2D eigenvalue weighted by molar-refractivity contribution is 6.21. The molecular weight excluding hydrogens is 444 g/mol. The van der Waals surface area contributed by atoms with E-state index in [1.807, 2.05) is 35.2 Å². The van der Waals surface area contributed by atoms with Crippen molar-refractivity contribution in [3.8, 4) is 5.75 Å². The van der Waals surface area contributed by atoms with Crippen LogP contribution >= 0.6 is 11.8 Å². The summed E-state index contributed by atoms with van der Waals surface area (Å²) in [6.45, 7) is 15.5. The number of phenolic OH excluding ortho intramolecular Hbond substituents is 1. The zero-order valence-corrected chi connectivity index (χ0v) is 22.4. The van der Waals surface area contributed by atoms with Gasteiger partial charge in [0.25, 0.3) is 0 Å². The maximum absolute atomic E-state index is 13.6. The van der Waals surface area contributed by atoms with Crippen molar-refractivity contribution in [3.63, 3.8) is 0 Å². The quantitative estimate of drug-likeness (QED) is 0.441. The number of carbonyl (C=O) groups is 1. The smallest absolute Gasteiger partial charge is 0.182 e. The summed E-state index contributed by atoms with van der Waals surface area (Å²) in [7, 11) is 0. The summed E-state index contributed by atoms with van der Waals surface area (Å²) >= 11 is 6.13. The molecule has 2 atom stereocenters. The third-order valence-corrected chi connectivity index (χ3v) is 6.99. The molecular formula is C29H39ClN2O2.